The van der Waals surface area contributed by atoms with Crippen LogP contribution in [0, 0.1) is 13.8 Å². The third-order valence-electron chi connectivity index (χ3n) is 6.11. The van der Waals surface area contributed by atoms with Crippen molar-refractivity contribution in [2.24, 2.45) is 0 Å². The van der Waals surface area contributed by atoms with Crippen LogP contribution in [0.2, 0.25) is 0 Å². The summed E-state index contributed by atoms with van der Waals surface area (Å²) in [6.07, 6.45) is 1.52. The number of hydrogen-bond donors (Lipinski definition) is 0. The summed E-state index contributed by atoms with van der Waals surface area (Å²) in [4.78, 5) is 28.1. The maximum Gasteiger partial charge on any atom is 0.329 e. The Kier molecular flexibility index (Phi) is 7.56. The molecule has 1 amide bonds. The zero-order chi connectivity index (χ0) is 25.9. The van der Waals surface area contributed by atoms with Gasteiger partial charge in [-0.25, -0.2) is 4.79 Å². The Morgan fingerprint density at radius 3 is 2.39 bits per heavy atom. The molecule has 3 aromatic rings. The fraction of sp³-hybridized carbons (Fsp3) is 0.393. The number of benzene rings is 2. The van der Waals surface area contributed by atoms with Crippen LogP contribution in [0.4, 0.5) is 0 Å². The first-order valence-corrected chi connectivity index (χ1v) is 11.9. The van der Waals surface area contributed by atoms with Gasteiger partial charge in [-0.15, -0.1) is 0 Å². The minimum Gasteiger partial charge on any atom is -0.461 e. The van der Waals surface area contributed by atoms with Crippen molar-refractivity contribution in [3.05, 3.63) is 77.0 Å². The van der Waals surface area contributed by atoms with E-state index in [0.29, 0.717) is 17.9 Å². The molecule has 36 heavy (non-hydrogen) atoms. The molecule has 1 fully saturated rings. The van der Waals surface area contributed by atoms with Crippen LogP contribution in [0.25, 0.3) is 11.3 Å². The highest BCUT2D eigenvalue weighted by Gasteiger charge is 2.35. The van der Waals surface area contributed by atoms with Gasteiger partial charge in [0.25, 0.3) is 5.91 Å². The van der Waals surface area contributed by atoms with Crippen molar-refractivity contribution in [3.8, 4) is 11.3 Å². The number of carbonyl (C=O) groups excluding carboxylic acids is 2. The first kappa shape index (κ1) is 25.6. The summed E-state index contributed by atoms with van der Waals surface area (Å²) in [7, 11) is 1.63. The zero-order valence-corrected chi connectivity index (χ0v) is 21.3. The first-order chi connectivity index (χ1) is 17.1. The molecule has 0 bridgehead atoms. The van der Waals surface area contributed by atoms with Gasteiger partial charge in [-0.3, -0.25) is 4.79 Å². The van der Waals surface area contributed by atoms with Crippen molar-refractivity contribution in [2.75, 3.05) is 20.3 Å². The van der Waals surface area contributed by atoms with Gasteiger partial charge in [-0.05, 0) is 45.4 Å². The molecule has 0 radical (unpaired) electrons. The number of aromatic nitrogens is 1. The second kappa shape index (κ2) is 10.6. The Labute approximate surface area is 211 Å². The summed E-state index contributed by atoms with van der Waals surface area (Å²) in [5, 5.41) is 3.74. The topological polar surface area (TPSA) is 91.1 Å². The van der Waals surface area contributed by atoms with E-state index in [-0.39, 0.29) is 25.0 Å². The molecule has 0 saturated carbocycles. The SMILES string of the molecule is Cc1cc(C)cc(C(=O)N(C)[C@@H](Cc2ccc(-c3ccno3)cc2)C(=O)OC[C@H]2COC(C)(C)O2)c1. The van der Waals surface area contributed by atoms with Crippen molar-refractivity contribution < 1.29 is 28.3 Å². The summed E-state index contributed by atoms with van der Waals surface area (Å²) < 4.78 is 22.2. The minimum atomic E-state index is -0.829. The van der Waals surface area contributed by atoms with Crippen molar-refractivity contribution in [2.45, 2.75) is 52.0 Å². The molecule has 1 aromatic heterocycles. The van der Waals surface area contributed by atoms with Crippen LogP contribution in [0.3, 0.4) is 0 Å². The summed E-state index contributed by atoms with van der Waals surface area (Å²) >= 11 is 0. The molecule has 0 unspecified atom stereocenters. The highest BCUT2D eigenvalue weighted by Crippen LogP contribution is 2.24. The molecule has 8 nitrogen and oxygen atoms in total. The molecule has 2 heterocycles. The highest BCUT2D eigenvalue weighted by atomic mass is 16.7. The summed E-state index contributed by atoms with van der Waals surface area (Å²) in [5.74, 6) is -0.801. The Bertz CT molecular complexity index is 1180. The number of likely N-dealkylation sites (N-methyl/N-ethyl adjacent to an activating group) is 1. The summed E-state index contributed by atoms with van der Waals surface area (Å²) in [5.41, 5.74) is 4.24. The van der Waals surface area contributed by atoms with Crippen LogP contribution in [0.15, 0.2) is 59.3 Å². The third kappa shape index (κ3) is 6.19. The van der Waals surface area contributed by atoms with E-state index in [1.807, 2.05) is 70.2 Å². The maximum atomic E-state index is 13.4. The van der Waals surface area contributed by atoms with Gasteiger partial charge in [0.15, 0.2) is 11.5 Å². The number of nitrogens with zero attached hydrogens (tertiary/aromatic N) is 2. The number of ether oxygens (including phenoxy) is 3. The molecule has 0 spiro atoms. The van der Waals surface area contributed by atoms with Gasteiger partial charge in [0.2, 0.25) is 0 Å². The number of rotatable bonds is 8. The van der Waals surface area contributed by atoms with E-state index in [1.54, 1.807) is 19.3 Å². The lowest BCUT2D eigenvalue weighted by atomic mass is 10.0. The Hall–Kier alpha value is -3.49. The maximum absolute atomic E-state index is 13.4. The van der Waals surface area contributed by atoms with Crippen LogP contribution in [0.1, 0.15) is 40.9 Å². The first-order valence-electron chi connectivity index (χ1n) is 11.9. The fourth-order valence-electron chi connectivity index (χ4n) is 4.33. The Balaban J connectivity index is 1.53. The monoisotopic (exact) mass is 492 g/mol. The van der Waals surface area contributed by atoms with Crippen LogP contribution in [-0.4, -0.2) is 60.1 Å². The van der Waals surface area contributed by atoms with Gasteiger partial charge < -0.3 is 23.6 Å². The lowest BCUT2D eigenvalue weighted by molar-refractivity contribution is -0.161. The minimum absolute atomic E-state index is 0.0504. The number of esters is 1. The molecule has 2 atom stereocenters. The van der Waals surface area contributed by atoms with Crippen LogP contribution in [0.5, 0.6) is 0 Å². The van der Waals surface area contributed by atoms with Crippen molar-refractivity contribution in [1.82, 2.24) is 10.1 Å². The highest BCUT2D eigenvalue weighted by molar-refractivity contribution is 5.97. The van der Waals surface area contributed by atoms with E-state index in [4.69, 9.17) is 18.7 Å². The number of amides is 1. The third-order valence-corrected chi connectivity index (χ3v) is 6.11. The average molecular weight is 493 g/mol. The van der Waals surface area contributed by atoms with Crippen molar-refractivity contribution >= 4 is 11.9 Å². The number of hydrogen-bond acceptors (Lipinski definition) is 7. The quantitative estimate of drug-likeness (QED) is 0.432. The molecule has 1 saturated heterocycles. The van der Waals surface area contributed by atoms with Gasteiger partial charge in [-0.2, -0.15) is 0 Å². The molecule has 190 valence electrons. The van der Waals surface area contributed by atoms with E-state index in [0.717, 1.165) is 22.3 Å². The largest absolute Gasteiger partial charge is 0.461 e. The smallest absolute Gasteiger partial charge is 0.329 e. The lowest BCUT2D eigenvalue weighted by Crippen LogP contribution is -2.45. The van der Waals surface area contributed by atoms with Crippen molar-refractivity contribution in [1.29, 1.82) is 0 Å². The predicted molar refractivity (Wildman–Crippen MR) is 133 cm³/mol. The second-order valence-corrected chi connectivity index (χ2v) is 9.67. The number of carbonyl (C=O) groups is 2. The molecule has 2 aromatic carbocycles. The van der Waals surface area contributed by atoms with Gasteiger partial charge in [0.05, 0.1) is 12.8 Å². The Morgan fingerprint density at radius 1 is 1.11 bits per heavy atom. The lowest BCUT2D eigenvalue weighted by Gasteiger charge is -2.27. The standard InChI is InChI=1S/C28H32N2O6/c1-18-12-19(2)14-22(13-18)26(31)30(5)24(27(32)33-16-23-17-34-28(3,4)35-23)15-20-6-8-21(9-7-20)25-10-11-29-36-25/h6-14,23-24H,15-17H2,1-5H3/t23-,24-/m0/s1. The predicted octanol–water partition coefficient (Wildman–Crippen LogP) is 4.34. The molecule has 1 aliphatic rings. The summed E-state index contributed by atoms with van der Waals surface area (Å²) in [6.45, 7) is 7.90. The molecule has 8 heteroatoms. The van der Waals surface area contributed by atoms with Gasteiger partial charge in [-0.1, -0.05) is 46.6 Å². The van der Waals surface area contributed by atoms with E-state index in [2.05, 4.69) is 5.16 Å². The van der Waals surface area contributed by atoms with Crippen LogP contribution >= 0.6 is 0 Å². The van der Waals surface area contributed by atoms with Crippen molar-refractivity contribution in [3.63, 3.8) is 0 Å². The number of aryl methyl sites for hydroxylation is 2. The molecular weight excluding hydrogens is 460 g/mol. The average Bonchev–Trinajstić information content (AvgIpc) is 3.49. The van der Waals surface area contributed by atoms with E-state index < -0.39 is 17.8 Å². The normalized spacial score (nSPS) is 17.5. The molecule has 4 rings (SSSR count). The van der Waals surface area contributed by atoms with Gasteiger partial charge >= 0.3 is 5.97 Å². The van der Waals surface area contributed by atoms with Crippen LogP contribution < -0.4 is 0 Å². The van der Waals surface area contributed by atoms with E-state index >= 15 is 0 Å². The molecule has 1 aliphatic heterocycles. The molecular formula is C28H32N2O6. The molecule has 0 N–H and O–H groups in total. The van der Waals surface area contributed by atoms with Gasteiger partial charge in [0, 0.05) is 30.7 Å². The van der Waals surface area contributed by atoms with Crippen LogP contribution in [-0.2, 0) is 25.4 Å². The zero-order valence-electron chi connectivity index (χ0n) is 21.3. The van der Waals surface area contributed by atoms with E-state index in [1.165, 1.54) is 4.90 Å². The second-order valence-electron chi connectivity index (χ2n) is 9.67. The molecule has 0 aliphatic carbocycles. The Morgan fingerprint density at radius 2 is 1.81 bits per heavy atom. The van der Waals surface area contributed by atoms with Gasteiger partial charge in [0.1, 0.15) is 18.8 Å². The fourth-order valence-corrected chi connectivity index (χ4v) is 4.33. The summed E-state index contributed by atoms with van der Waals surface area (Å²) in [6, 6.07) is 14.2. The van der Waals surface area contributed by atoms with E-state index in [9.17, 15) is 9.59 Å².